The molecule has 0 fully saturated rings. The van der Waals surface area contributed by atoms with Gasteiger partial charge in [-0.25, -0.2) is 9.78 Å². The highest BCUT2D eigenvalue weighted by Gasteiger charge is 2.31. The van der Waals surface area contributed by atoms with E-state index in [1.807, 2.05) is 6.07 Å². The van der Waals surface area contributed by atoms with Crippen LogP contribution in [0.4, 0.5) is 19.0 Å². The van der Waals surface area contributed by atoms with Gasteiger partial charge in [-0.3, -0.25) is 4.79 Å². The van der Waals surface area contributed by atoms with Crippen molar-refractivity contribution in [2.75, 3.05) is 11.9 Å². The van der Waals surface area contributed by atoms with Gasteiger partial charge in [0.2, 0.25) is 0 Å². The van der Waals surface area contributed by atoms with E-state index in [9.17, 15) is 22.8 Å². The molecule has 0 unspecified atom stereocenters. The zero-order valence-electron chi connectivity index (χ0n) is 12.8. The number of rotatable bonds is 4. The Hall–Kier alpha value is -3.12. The third-order valence-corrected chi connectivity index (χ3v) is 3.30. The molecule has 1 heterocycles. The molecule has 0 atom stereocenters. The summed E-state index contributed by atoms with van der Waals surface area (Å²) in [7, 11) is 0. The third kappa shape index (κ3) is 4.94. The molecule has 0 aliphatic heterocycles. The van der Waals surface area contributed by atoms with E-state index >= 15 is 0 Å². The predicted molar refractivity (Wildman–Crippen MR) is 84.3 cm³/mol. The van der Waals surface area contributed by atoms with Crippen LogP contribution in [0.25, 0.3) is 0 Å². The number of nitrogens with one attached hydrogen (secondary N) is 1. The molecule has 1 aromatic carbocycles. The molecule has 6 nitrogen and oxygen atoms in total. The average molecular weight is 384 g/mol. The molecule has 134 valence electrons. The van der Waals surface area contributed by atoms with Crippen LogP contribution in [0.3, 0.4) is 0 Å². The van der Waals surface area contributed by atoms with Crippen molar-refractivity contribution in [3.05, 3.63) is 58.2 Å². The Labute approximate surface area is 150 Å². The maximum Gasteiger partial charge on any atom is 0.417 e. The number of hydrogen-bond acceptors (Lipinski definition) is 5. The lowest BCUT2D eigenvalue weighted by Crippen LogP contribution is -2.22. The van der Waals surface area contributed by atoms with E-state index < -0.39 is 35.2 Å². The Morgan fingerprint density at radius 3 is 2.46 bits per heavy atom. The third-order valence-electron chi connectivity index (χ3n) is 3.01. The molecule has 0 saturated heterocycles. The molecule has 0 spiro atoms. The molecular weight excluding hydrogens is 375 g/mol. The number of benzene rings is 1. The number of aromatic nitrogens is 1. The van der Waals surface area contributed by atoms with Gasteiger partial charge in [0.25, 0.3) is 5.91 Å². The lowest BCUT2D eigenvalue weighted by molar-refractivity contribution is -0.137. The first-order valence-corrected chi connectivity index (χ1v) is 7.28. The van der Waals surface area contributed by atoms with Crippen LogP contribution in [-0.4, -0.2) is 23.5 Å². The number of pyridine rings is 1. The fraction of sp³-hybridized carbons (Fsp3) is 0.125. The molecule has 0 aliphatic rings. The van der Waals surface area contributed by atoms with Crippen molar-refractivity contribution in [3.63, 3.8) is 0 Å². The molecule has 2 rings (SSSR count). The van der Waals surface area contributed by atoms with Crippen molar-refractivity contribution in [2.45, 2.75) is 6.18 Å². The summed E-state index contributed by atoms with van der Waals surface area (Å²) < 4.78 is 42.3. The summed E-state index contributed by atoms with van der Waals surface area (Å²) in [5.41, 5.74) is -0.586. The number of hydrogen-bond donors (Lipinski definition) is 1. The van der Waals surface area contributed by atoms with Gasteiger partial charge >= 0.3 is 12.1 Å². The van der Waals surface area contributed by atoms with Crippen molar-refractivity contribution in [1.82, 2.24) is 4.98 Å². The van der Waals surface area contributed by atoms with E-state index in [1.165, 1.54) is 24.3 Å². The van der Waals surface area contributed by atoms with Crippen LogP contribution in [0, 0.1) is 11.3 Å². The zero-order chi connectivity index (χ0) is 19.3. The van der Waals surface area contributed by atoms with E-state index in [1.54, 1.807) is 0 Å². The fourth-order valence-corrected chi connectivity index (χ4v) is 1.96. The average Bonchev–Trinajstić information content (AvgIpc) is 2.60. The van der Waals surface area contributed by atoms with E-state index in [-0.39, 0.29) is 11.4 Å². The Kier molecular flexibility index (Phi) is 5.79. The monoisotopic (exact) mass is 383 g/mol. The van der Waals surface area contributed by atoms with E-state index in [0.717, 1.165) is 0 Å². The van der Waals surface area contributed by atoms with Gasteiger partial charge in [0.15, 0.2) is 12.4 Å². The van der Waals surface area contributed by atoms with Crippen LogP contribution in [0.2, 0.25) is 5.02 Å². The Bertz CT molecular complexity index is 877. The molecule has 1 N–H and O–H groups in total. The van der Waals surface area contributed by atoms with E-state index in [0.29, 0.717) is 17.8 Å². The summed E-state index contributed by atoms with van der Waals surface area (Å²) in [6.07, 6.45) is -4.10. The summed E-state index contributed by atoms with van der Waals surface area (Å²) in [4.78, 5) is 26.9. The van der Waals surface area contributed by atoms with Gasteiger partial charge in [-0.05, 0) is 30.3 Å². The van der Waals surface area contributed by atoms with Crippen LogP contribution < -0.4 is 5.32 Å². The Morgan fingerprint density at radius 2 is 1.92 bits per heavy atom. The number of carbonyl (C=O) groups is 2. The molecule has 1 amide bonds. The zero-order valence-corrected chi connectivity index (χ0v) is 13.6. The van der Waals surface area contributed by atoms with Gasteiger partial charge in [0, 0.05) is 6.20 Å². The molecule has 26 heavy (non-hydrogen) atoms. The normalized spacial score (nSPS) is 10.7. The van der Waals surface area contributed by atoms with E-state index in [2.05, 4.69) is 10.3 Å². The highest BCUT2D eigenvalue weighted by molar-refractivity contribution is 6.33. The number of halogens is 4. The van der Waals surface area contributed by atoms with Gasteiger partial charge in [-0.1, -0.05) is 11.6 Å². The smallest absolute Gasteiger partial charge is 0.417 e. The van der Waals surface area contributed by atoms with Crippen LogP contribution >= 0.6 is 11.6 Å². The first-order valence-electron chi connectivity index (χ1n) is 6.90. The van der Waals surface area contributed by atoms with Gasteiger partial charge < -0.3 is 10.1 Å². The maximum atomic E-state index is 12.5. The van der Waals surface area contributed by atoms with Crippen molar-refractivity contribution < 1.29 is 27.5 Å². The van der Waals surface area contributed by atoms with E-state index in [4.69, 9.17) is 21.6 Å². The number of carbonyl (C=O) groups excluding carboxylic acids is 2. The van der Waals surface area contributed by atoms with Crippen molar-refractivity contribution in [2.24, 2.45) is 0 Å². The highest BCUT2D eigenvalue weighted by atomic mass is 35.5. The standard InChI is InChI=1S/C16H9ClF3N3O3/c17-12-5-11(16(18,19)20)7-22-14(12)23-13(24)8-26-15(25)10-3-1-9(6-21)2-4-10/h1-5,7H,8H2,(H,22,23,24). The number of nitrogens with zero attached hydrogens (tertiary/aromatic N) is 2. The van der Waals surface area contributed by atoms with Crippen LogP contribution in [0.5, 0.6) is 0 Å². The molecule has 0 aliphatic carbocycles. The SMILES string of the molecule is N#Cc1ccc(C(=O)OCC(=O)Nc2ncc(C(F)(F)F)cc2Cl)cc1. The topological polar surface area (TPSA) is 92.1 Å². The second-order valence-electron chi connectivity index (χ2n) is 4.87. The second-order valence-corrected chi connectivity index (χ2v) is 5.27. The van der Waals surface area contributed by atoms with Gasteiger partial charge in [0.1, 0.15) is 0 Å². The second kappa shape index (κ2) is 7.84. The number of ether oxygens (including phenoxy) is 1. The quantitative estimate of drug-likeness (QED) is 0.817. The molecule has 0 radical (unpaired) electrons. The lowest BCUT2D eigenvalue weighted by atomic mass is 10.1. The van der Waals surface area contributed by atoms with Crippen LogP contribution in [-0.2, 0) is 15.7 Å². The first-order chi connectivity index (χ1) is 12.2. The molecule has 0 saturated carbocycles. The van der Waals surface area contributed by atoms with Gasteiger partial charge in [0.05, 0.1) is 27.8 Å². The van der Waals surface area contributed by atoms with Crippen LogP contribution in [0.15, 0.2) is 36.5 Å². The minimum atomic E-state index is -4.62. The molecule has 2 aromatic rings. The number of amides is 1. The highest BCUT2D eigenvalue weighted by Crippen LogP contribution is 2.32. The summed E-state index contributed by atoms with van der Waals surface area (Å²) in [6, 6.07) is 8.02. The summed E-state index contributed by atoms with van der Waals surface area (Å²) in [6.45, 7) is -0.697. The molecule has 10 heteroatoms. The summed E-state index contributed by atoms with van der Waals surface area (Å²) in [5, 5.41) is 10.4. The van der Waals surface area contributed by atoms with Crippen LogP contribution in [0.1, 0.15) is 21.5 Å². The van der Waals surface area contributed by atoms with Crippen molar-refractivity contribution >= 4 is 29.3 Å². The lowest BCUT2D eigenvalue weighted by Gasteiger charge is -2.10. The number of anilines is 1. The Balaban J connectivity index is 1.94. The minimum absolute atomic E-state index is 0.127. The Morgan fingerprint density at radius 1 is 1.27 bits per heavy atom. The van der Waals surface area contributed by atoms with Crippen molar-refractivity contribution in [1.29, 1.82) is 5.26 Å². The fourth-order valence-electron chi connectivity index (χ4n) is 1.75. The number of esters is 1. The molecular formula is C16H9ClF3N3O3. The van der Waals surface area contributed by atoms with Gasteiger partial charge in [-0.2, -0.15) is 18.4 Å². The number of alkyl halides is 3. The van der Waals surface area contributed by atoms with Gasteiger partial charge in [-0.15, -0.1) is 0 Å². The predicted octanol–water partition coefficient (Wildman–Crippen LogP) is 3.42. The molecule has 1 aromatic heterocycles. The number of nitriles is 1. The summed E-state index contributed by atoms with van der Waals surface area (Å²) >= 11 is 5.66. The van der Waals surface area contributed by atoms with Crippen molar-refractivity contribution in [3.8, 4) is 6.07 Å². The maximum absolute atomic E-state index is 12.5. The summed E-state index contributed by atoms with van der Waals surface area (Å²) in [5.74, 6) is -1.93. The minimum Gasteiger partial charge on any atom is -0.452 e. The largest absolute Gasteiger partial charge is 0.452 e. The molecule has 0 bridgehead atoms. The first kappa shape index (κ1) is 19.2.